The first-order valence-corrected chi connectivity index (χ1v) is 7.17. The number of carbonyl (C=O) groups is 2. The van der Waals surface area contributed by atoms with E-state index in [4.69, 9.17) is 0 Å². The minimum atomic E-state index is -1.07. The first-order valence-electron chi connectivity index (χ1n) is 7.17. The number of pyridine rings is 2. The minimum Gasteiger partial charge on any atom is -0.478 e. The number of aromatic carboxylic acids is 1. The molecular formula is C15H14N6O3. The van der Waals surface area contributed by atoms with Crippen LogP contribution in [0.25, 0.3) is 5.65 Å². The van der Waals surface area contributed by atoms with Gasteiger partial charge in [0.25, 0.3) is 5.91 Å². The van der Waals surface area contributed by atoms with E-state index in [0.717, 1.165) is 0 Å². The lowest BCUT2D eigenvalue weighted by Gasteiger charge is -2.07. The Labute approximate surface area is 136 Å². The fraction of sp³-hybridized carbons (Fsp3) is 0.133. The quantitative estimate of drug-likeness (QED) is 0.649. The molecule has 0 bridgehead atoms. The molecular weight excluding hydrogens is 312 g/mol. The highest BCUT2D eigenvalue weighted by Gasteiger charge is 2.15. The Morgan fingerprint density at radius 2 is 2.04 bits per heavy atom. The number of carbonyl (C=O) groups excluding carboxylic acids is 1. The van der Waals surface area contributed by atoms with E-state index in [2.05, 4.69) is 25.7 Å². The number of nitrogens with zero attached hydrogens (tertiary/aromatic N) is 4. The van der Waals surface area contributed by atoms with Crippen molar-refractivity contribution in [3.8, 4) is 0 Å². The molecule has 0 radical (unpaired) electrons. The average molecular weight is 326 g/mol. The summed E-state index contributed by atoms with van der Waals surface area (Å²) < 4.78 is 1.41. The number of carboxylic acid groups (broad SMARTS) is 1. The molecule has 122 valence electrons. The van der Waals surface area contributed by atoms with Gasteiger partial charge in [-0.2, -0.15) is 4.98 Å². The highest BCUT2D eigenvalue weighted by atomic mass is 16.4. The van der Waals surface area contributed by atoms with Crippen LogP contribution in [0.2, 0.25) is 0 Å². The second-order valence-electron chi connectivity index (χ2n) is 4.86. The van der Waals surface area contributed by atoms with Gasteiger partial charge in [0.1, 0.15) is 0 Å². The highest BCUT2D eigenvalue weighted by Crippen LogP contribution is 2.18. The zero-order valence-electron chi connectivity index (χ0n) is 12.7. The fourth-order valence-electron chi connectivity index (χ4n) is 2.17. The van der Waals surface area contributed by atoms with Crippen molar-refractivity contribution in [2.45, 2.75) is 6.92 Å². The van der Waals surface area contributed by atoms with Crippen LogP contribution >= 0.6 is 0 Å². The van der Waals surface area contributed by atoms with Crippen LogP contribution in [0.5, 0.6) is 0 Å². The van der Waals surface area contributed by atoms with Gasteiger partial charge in [-0.1, -0.05) is 0 Å². The number of nitrogens with one attached hydrogen (secondary N) is 2. The Hall–Kier alpha value is -3.49. The van der Waals surface area contributed by atoms with Gasteiger partial charge in [0.05, 0.1) is 17.4 Å². The van der Waals surface area contributed by atoms with E-state index in [9.17, 15) is 14.7 Å². The van der Waals surface area contributed by atoms with Crippen molar-refractivity contribution in [2.75, 3.05) is 17.2 Å². The molecule has 1 amide bonds. The summed E-state index contributed by atoms with van der Waals surface area (Å²) in [6.45, 7) is 2.42. The molecule has 0 saturated carbocycles. The Bertz CT molecular complexity index is 906. The monoisotopic (exact) mass is 326 g/mol. The van der Waals surface area contributed by atoms with Gasteiger partial charge in [0.2, 0.25) is 5.95 Å². The number of anilines is 2. The summed E-state index contributed by atoms with van der Waals surface area (Å²) in [4.78, 5) is 31.4. The van der Waals surface area contributed by atoms with Crippen molar-refractivity contribution >= 4 is 29.2 Å². The maximum Gasteiger partial charge on any atom is 0.337 e. The zero-order valence-corrected chi connectivity index (χ0v) is 12.7. The third-order valence-corrected chi connectivity index (χ3v) is 3.24. The van der Waals surface area contributed by atoms with Crippen molar-refractivity contribution in [3.63, 3.8) is 0 Å². The van der Waals surface area contributed by atoms with Crippen LogP contribution in [-0.2, 0) is 0 Å². The zero-order chi connectivity index (χ0) is 17.1. The lowest BCUT2D eigenvalue weighted by molar-refractivity contribution is 0.0697. The van der Waals surface area contributed by atoms with E-state index in [-0.39, 0.29) is 17.4 Å². The highest BCUT2D eigenvalue weighted by molar-refractivity contribution is 6.03. The summed E-state index contributed by atoms with van der Waals surface area (Å²) in [6.07, 6.45) is 4.54. The smallest absolute Gasteiger partial charge is 0.337 e. The van der Waals surface area contributed by atoms with E-state index in [1.807, 2.05) is 6.92 Å². The van der Waals surface area contributed by atoms with E-state index >= 15 is 0 Å². The van der Waals surface area contributed by atoms with Crippen LogP contribution in [0, 0.1) is 0 Å². The van der Waals surface area contributed by atoms with Gasteiger partial charge in [0, 0.05) is 24.5 Å². The van der Waals surface area contributed by atoms with Crippen LogP contribution in [0.1, 0.15) is 27.6 Å². The molecule has 0 spiro atoms. The first-order chi connectivity index (χ1) is 11.6. The van der Waals surface area contributed by atoms with Gasteiger partial charge < -0.3 is 10.4 Å². The normalized spacial score (nSPS) is 10.5. The molecule has 3 N–H and O–H groups in total. The molecule has 24 heavy (non-hydrogen) atoms. The van der Waals surface area contributed by atoms with Gasteiger partial charge >= 0.3 is 5.97 Å². The molecule has 0 saturated heterocycles. The van der Waals surface area contributed by atoms with E-state index < -0.39 is 5.97 Å². The minimum absolute atomic E-state index is 0.0850. The first kappa shape index (κ1) is 15.4. The van der Waals surface area contributed by atoms with Crippen molar-refractivity contribution in [1.29, 1.82) is 0 Å². The Morgan fingerprint density at radius 3 is 2.71 bits per heavy atom. The van der Waals surface area contributed by atoms with Gasteiger partial charge in [-0.05, 0) is 25.1 Å². The molecule has 0 aromatic carbocycles. The lowest BCUT2D eigenvalue weighted by Crippen LogP contribution is -2.13. The Kier molecular flexibility index (Phi) is 4.06. The van der Waals surface area contributed by atoms with Gasteiger partial charge in [-0.3, -0.25) is 15.1 Å². The van der Waals surface area contributed by atoms with Crippen molar-refractivity contribution < 1.29 is 14.7 Å². The number of rotatable bonds is 5. The maximum atomic E-state index is 12.1. The van der Waals surface area contributed by atoms with Crippen LogP contribution in [0.15, 0.2) is 36.8 Å². The molecule has 0 aliphatic rings. The summed E-state index contributed by atoms with van der Waals surface area (Å²) >= 11 is 0. The molecule has 9 heteroatoms. The molecule has 3 aromatic heterocycles. The molecule has 0 aliphatic heterocycles. The summed E-state index contributed by atoms with van der Waals surface area (Å²) in [5, 5.41) is 19.0. The SMILES string of the molecule is CCNc1cn2nc(NC(=O)c3ccncc3)nc2cc1C(=O)O. The summed E-state index contributed by atoms with van der Waals surface area (Å²) in [5.41, 5.74) is 1.25. The van der Waals surface area contributed by atoms with E-state index in [0.29, 0.717) is 23.4 Å². The number of carboxylic acids is 1. The van der Waals surface area contributed by atoms with Crippen LogP contribution in [0.3, 0.4) is 0 Å². The maximum absolute atomic E-state index is 12.1. The van der Waals surface area contributed by atoms with Gasteiger partial charge in [-0.25, -0.2) is 9.31 Å². The Morgan fingerprint density at radius 1 is 1.29 bits per heavy atom. The molecule has 3 rings (SSSR count). The van der Waals surface area contributed by atoms with E-state index in [1.165, 1.54) is 29.2 Å². The molecule has 0 fully saturated rings. The number of hydrogen-bond acceptors (Lipinski definition) is 6. The van der Waals surface area contributed by atoms with Crippen LogP contribution in [-0.4, -0.2) is 43.1 Å². The summed E-state index contributed by atoms with van der Waals surface area (Å²) in [6, 6.07) is 4.53. The van der Waals surface area contributed by atoms with Crippen molar-refractivity contribution in [2.24, 2.45) is 0 Å². The molecule has 0 atom stereocenters. The van der Waals surface area contributed by atoms with E-state index in [1.54, 1.807) is 12.1 Å². The Balaban J connectivity index is 1.93. The lowest BCUT2D eigenvalue weighted by atomic mass is 10.2. The number of fused-ring (bicyclic) bond motifs is 1. The van der Waals surface area contributed by atoms with Crippen molar-refractivity contribution in [3.05, 3.63) is 47.9 Å². The third-order valence-electron chi connectivity index (χ3n) is 3.24. The van der Waals surface area contributed by atoms with Gasteiger partial charge in [0.15, 0.2) is 5.65 Å². The third kappa shape index (κ3) is 3.00. The molecule has 0 aliphatic carbocycles. The predicted octanol–water partition coefficient (Wildman–Crippen LogP) is 1.51. The fourth-order valence-corrected chi connectivity index (χ4v) is 2.17. The second kappa shape index (κ2) is 6.32. The standard InChI is InChI=1S/C15H14N6O3/c1-2-17-11-8-21-12(7-10(11)14(23)24)18-15(20-21)19-13(22)9-3-5-16-6-4-9/h3-8,17H,2H2,1H3,(H,23,24)(H,19,20,22). The van der Waals surface area contributed by atoms with Crippen LogP contribution < -0.4 is 10.6 Å². The molecule has 0 unspecified atom stereocenters. The average Bonchev–Trinajstić information content (AvgIpc) is 2.96. The van der Waals surface area contributed by atoms with Crippen LogP contribution in [0.4, 0.5) is 11.6 Å². The topological polar surface area (TPSA) is 122 Å². The number of hydrogen-bond donors (Lipinski definition) is 3. The summed E-state index contributed by atoms with van der Waals surface area (Å²) in [5.74, 6) is -1.36. The molecule has 3 aromatic rings. The second-order valence-corrected chi connectivity index (χ2v) is 4.86. The molecule has 9 nitrogen and oxygen atoms in total. The number of amides is 1. The molecule has 3 heterocycles. The summed E-state index contributed by atoms with van der Waals surface area (Å²) in [7, 11) is 0. The van der Waals surface area contributed by atoms with Gasteiger partial charge in [-0.15, -0.1) is 5.10 Å². The predicted molar refractivity (Wildman–Crippen MR) is 86.3 cm³/mol. The van der Waals surface area contributed by atoms with Crippen molar-refractivity contribution in [1.82, 2.24) is 19.6 Å². The number of aromatic nitrogens is 4. The largest absolute Gasteiger partial charge is 0.478 e.